The Morgan fingerprint density at radius 3 is 2.33 bits per heavy atom. The van der Waals surface area contributed by atoms with Crippen molar-refractivity contribution in [2.24, 2.45) is 0 Å². The summed E-state index contributed by atoms with van der Waals surface area (Å²) in [5, 5.41) is 10.4. The molecule has 5 aromatic rings. The number of alkyl halides is 3. The van der Waals surface area contributed by atoms with Crippen molar-refractivity contribution in [1.29, 1.82) is 4.78 Å². The molecule has 0 unspecified atom stereocenters. The number of urea groups is 1. The molecule has 0 spiro atoms. The van der Waals surface area contributed by atoms with Crippen LogP contribution in [-0.2, 0) is 22.3 Å². The Morgan fingerprint density at radius 1 is 0.875 bits per heavy atom. The molecule has 4 aromatic carbocycles. The Labute approximate surface area is 272 Å². The second kappa shape index (κ2) is 14.0. The Balaban J connectivity index is 1.38. The molecular formula is C33H28F5N7O2S. The molecule has 0 aliphatic rings. The lowest BCUT2D eigenvalue weighted by molar-refractivity contribution is -0.137. The third-order valence-electron chi connectivity index (χ3n) is 6.95. The van der Waals surface area contributed by atoms with Crippen molar-refractivity contribution in [3.8, 4) is 11.1 Å². The quantitative estimate of drug-likeness (QED) is 0.0940. The van der Waals surface area contributed by atoms with Crippen molar-refractivity contribution in [3.05, 3.63) is 120 Å². The van der Waals surface area contributed by atoms with Gasteiger partial charge in [-0.15, -0.1) is 0 Å². The number of amides is 2. The molecule has 9 nitrogen and oxygen atoms in total. The minimum Gasteiger partial charge on any atom is -0.369 e. The number of anilines is 5. The van der Waals surface area contributed by atoms with E-state index in [1.165, 1.54) is 24.6 Å². The summed E-state index contributed by atoms with van der Waals surface area (Å²) in [6, 6.07) is 20.4. The average Bonchev–Trinajstić information content (AvgIpc) is 3.03. The first-order valence-electron chi connectivity index (χ1n) is 14.3. The van der Waals surface area contributed by atoms with Gasteiger partial charge in [-0.05, 0) is 66.1 Å². The Hall–Kier alpha value is -5.57. The van der Waals surface area contributed by atoms with Crippen LogP contribution in [0.15, 0.2) is 102 Å². The van der Waals surface area contributed by atoms with Crippen molar-refractivity contribution in [1.82, 2.24) is 9.97 Å². The molecule has 5 N–H and O–H groups in total. The van der Waals surface area contributed by atoms with Crippen molar-refractivity contribution in [2.75, 3.05) is 34.1 Å². The van der Waals surface area contributed by atoms with Crippen LogP contribution in [0.25, 0.3) is 11.1 Å². The number of carbonyl (C=O) groups is 1. The third kappa shape index (κ3) is 8.61. The first-order chi connectivity index (χ1) is 22.8. The van der Waals surface area contributed by atoms with E-state index < -0.39 is 44.8 Å². The number of hydrogen-bond donors (Lipinski definition) is 5. The minimum atomic E-state index is -4.76. The predicted molar refractivity (Wildman–Crippen MR) is 175 cm³/mol. The minimum absolute atomic E-state index is 0.169. The highest BCUT2D eigenvalue weighted by Gasteiger charge is 2.31. The highest BCUT2D eigenvalue weighted by atomic mass is 32.2. The van der Waals surface area contributed by atoms with Gasteiger partial charge in [0.05, 0.1) is 26.7 Å². The summed E-state index contributed by atoms with van der Waals surface area (Å²) in [5.74, 6) is -1.48. The molecule has 0 aliphatic carbocycles. The maximum absolute atomic E-state index is 15.3. The highest BCUT2D eigenvalue weighted by molar-refractivity contribution is 7.91. The molecule has 0 saturated heterocycles. The molecule has 0 fully saturated rings. The zero-order valence-electron chi connectivity index (χ0n) is 25.2. The number of rotatable bonds is 10. The van der Waals surface area contributed by atoms with Crippen LogP contribution in [0, 0.1) is 16.4 Å². The first-order valence-corrected chi connectivity index (χ1v) is 16.2. The van der Waals surface area contributed by atoms with Crippen molar-refractivity contribution in [2.45, 2.75) is 17.5 Å². The first kappa shape index (κ1) is 33.8. The fraction of sp³-hybridized carbons (Fsp3) is 0.121. The molecule has 1 heterocycles. The molecule has 2 amide bonds. The van der Waals surface area contributed by atoms with E-state index in [0.717, 1.165) is 11.6 Å². The summed E-state index contributed by atoms with van der Waals surface area (Å²) in [6.07, 6.45) is -1.34. The van der Waals surface area contributed by atoms with Gasteiger partial charge in [0, 0.05) is 35.1 Å². The summed E-state index contributed by atoms with van der Waals surface area (Å²) in [4.78, 5) is 21.7. The second-order valence-corrected chi connectivity index (χ2v) is 12.7. The molecule has 15 heteroatoms. The van der Waals surface area contributed by atoms with Gasteiger partial charge in [-0.3, -0.25) is 0 Å². The monoisotopic (exact) mass is 681 g/mol. The van der Waals surface area contributed by atoms with Crippen molar-refractivity contribution < 1.29 is 31.0 Å². The molecule has 1 aromatic heterocycles. The van der Waals surface area contributed by atoms with Gasteiger partial charge in [0.2, 0.25) is 5.95 Å². The Morgan fingerprint density at radius 2 is 1.62 bits per heavy atom. The van der Waals surface area contributed by atoms with Crippen molar-refractivity contribution in [3.63, 3.8) is 0 Å². The fourth-order valence-corrected chi connectivity index (χ4v) is 5.25. The molecular weight excluding hydrogens is 653 g/mol. The van der Waals surface area contributed by atoms with Crippen LogP contribution in [0.1, 0.15) is 11.1 Å². The van der Waals surface area contributed by atoms with E-state index in [0.29, 0.717) is 58.7 Å². The second-order valence-electron chi connectivity index (χ2n) is 10.6. The standard InChI is InChI=1S/C33H28F5N7O2S/c1-48(39,47)24-9-5-8-23(18-24)42-31-41-19-25(30(45-31)40-15-14-20-6-3-2-4-7-20)21-10-13-28(27(35)16-21)43-32(46)44-29-17-22(33(36,37)38)11-12-26(29)34/h2-13,16-19,39H,14-15H2,1H3,(H2,43,44,46)(H2,40,41,42,45)/t48-/m0/s1. The fourth-order valence-electron chi connectivity index (χ4n) is 4.56. The van der Waals surface area contributed by atoms with E-state index in [4.69, 9.17) is 4.78 Å². The maximum Gasteiger partial charge on any atom is 0.416 e. The number of hydrogen-bond acceptors (Lipinski definition) is 7. The highest BCUT2D eigenvalue weighted by Crippen LogP contribution is 2.33. The molecule has 48 heavy (non-hydrogen) atoms. The summed E-state index contributed by atoms with van der Waals surface area (Å²) in [7, 11) is -2.96. The van der Waals surface area contributed by atoms with Gasteiger partial charge in [0.1, 0.15) is 17.5 Å². The number of carbonyl (C=O) groups excluding carboxylic acids is 1. The Kier molecular flexibility index (Phi) is 9.89. The maximum atomic E-state index is 15.3. The van der Waals surface area contributed by atoms with E-state index in [1.807, 2.05) is 35.6 Å². The van der Waals surface area contributed by atoms with Crippen LogP contribution in [0.3, 0.4) is 0 Å². The van der Waals surface area contributed by atoms with Gasteiger partial charge in [-0.25, -0.2) is 27.5 Å². The summed E-state index contributed by atoms with van der Waals surface area (Å²) in [5.41, 5.74) is 0.0961. The topological polar surface area (TPSA) is 132 Å². The van der Waals surface area contributed by atoms with Crippen LogP contribution >= 0.6 is 0 Å². The van der Waals surface area contributed by atoms with Gasteiger partial charge < -0.3 is 21.3 Å². The van der Waals surface area contributed by atoms with Gasteiger partial charge in [-0.1, -0.05) is 42.5 Å². The predicted octanol–water partition coefficient (Wildman–Crippen LogP) is 8.52. The van der Waals surface area contributed by atoms with E-state index >= 15 is 4.39 Å². The average molecular weight is 682 g/mol. The number of nitrogens with one attached hydrogen (secondary N) is 5. The normalized spacial score (nSPS) is 12.5. The smallest absolute Gasteiger partial charge is 0.369 e. The lowest BCUT2D eigenvalue weighted by atomic mass is 10.1. The number of nitrogens with zero attached hydrogens (tertiary/aromatic N) is 2. The SMILES string of the molecule is C[S@](=N)(=O)c1cccc(Nc2ncc(-c3ccc(NC(=O)Nc4cc(C(F)(F)F)ccc4F)c(F)c3)c(NCCc3ccccc3)n2)c1. The number of halogens is 5. The van der Waals surface area contributed by atoms with Gasteiger partial charge in [0.25, 0.3) is 0 Å². The molecule has 0 saturated carbocycles. The van der Waals surface area contributed by atoms with E-state index in [-0.39, 0.29) is 11.6 Å². The summed E-state index contributed by atoms with van der Waals surface area (Å²) in [6.45, 7) is 0.452. The number of benzene rings is 4. The van der Waals surface area contributed by atoms with Crippen LogP contribution in [0.5, 0.6) is 0 Å². The zero-order valence-corrected chi connectivity index (χ0v) is 26.0. The van der Waals surface area contributed by atoms with Gasteiger partial charge >= 0.3 is 12.2 Å². The lowest BCUT2D eigenvalue weighted by Gasteiger charge is -2.15. The zero-order chi connectivity index (χ0) is 34.5. The molecule has 1 atom stereocenters. The molecule has 5 rings (SSSR count). The molecule has 0 aliphatic heterocycles. The van der Waals surface area contributed by atoms with E-state index in [1.54, 1.807) is 24.3 Å². The van der Waals surface area contributed by atoms with E-state index in [2.05, 4.69) is 25.9 Å². The molecule has 0 bridgehead atoms. The van der Waals surface area contributed by atoms with Crippen LogP contribution in [0.4, 0.5) is 55.6 Å². The van der Waals surface area contributed by atoms with Gasteiger partial charge in [0.15, 0.2) is 0 Å². The largest absolute Gasteiger partial charge is 0.416 e. The summed E-state index contributed by atoms with van der Waals surface area (Å²) >= 11 is 0. The Bertz CT molecular complexity index is 2060. The van der Waals surface area contributed by atoms with E-state index in [9.17, 15) is 26.6 Å². The van der Waals surface area contributed by atoms with Crippen LogP contribution in [0.2, 0.25) is 0 Å². The van der Waals surface area contributed by atoms with Crippen LogP contribution < -0.4 is 21.3 Å². The third-order valence-corrected chi connectivity index (χ3v) is 8.10. The molecule has 0 radical (unpaired) electrons. The van der Waals surface area contributed by atoms with Crippen molar-refractivity contribution >= 4 is 44.6 Å². The van der Waals surface area contributed by atoms with Crippen LogP contribution in [-0.4, -0.2) is 33.0 Å². The molecule has 248 valence electrons. The lowest BCUT2D eigenvalue weighted by Crippen LogP contribution is -2.21. The summed E-state index contributed by atoms with van der Waals surface area (Å²) < 4.78 is 88.5. The van der Waals surface area contributed by atoms with Gasteiger partial charge in [-0.2, -0.15) is 18.2 Å². The number of aromatic nitrogens is 2.